The molecular weight excluding hydrogens is 262 g/mol. The van der Waals surface area contributed by atoms with Crippen molar-refractivity contribution >= 4 is 11.9 Å². The number of hydrogen-bond donors (Lipinski definition) is 2. The number of carboxylic acids is 1. The predicted molar refractivity (Wildman–Crippen MR) is 71.3 cm³/mol. The molecule has 1 heterocycles. The zero-order valence-corrected chi connectivity index (χ0v) is 11.7. The zero-order valence-electron chi connectivity index (χ0n) is 11.7. The van der Waals surface area contributed by atoms with E-state index in [9.17, 15) is 9.59 Å². The van der Waals surface area contributed by atoms with Crippen molar-refractivity contribution in [2.24, 2.45) is 5.41 Å². The van der Waals surface area contributed by atoms with Crippen molar-refractivity contribution in [3.63, 3.8) is 0 Å². The van der Waals surface area contributed by atoms with Crippen LogP contribution in [0.1, 0.15) is 38.5 Å². The summed E-state index contributed by atoms with van der Waals surface area (Å²) in [5.41, 5.74) is -0.296. The first-order valence-corrected chi connectivity index (χ1v) is 7.30. The molecule has 1 unspecified atom stereocenters. The van der Waals surface area contributed by atoms with Gasteiger partial charge in [-0.25, -0.2) is 0 Å². The highest BCUT2D eigenvalue weighted by atomic mass is 16.6. The topological polar surface area (TPSA) is 84.9 Å². The SMILES string of the molecule is O=C(O)CC1(CNC(=O)C2COCCO2)CCCCC1. The van der Waals surface area contributed by atoms with E-state index in [0.717, 1.165) is 32.1 Å². The summed E-state index contributed by atoms with van der Waals surface area (Å²) < 4.78 is 10.5. The smallest absolute Gasteiger partial charge is 0.303 e. The second-order valence-corrected chi connectivity index (χ2v) is 5.78. The lowest BCUT2D eigenvalue weighted by atomic mass is 9.71. The number of carbonyl (C=O) groups is 2. The minimum Gasteiger partial charge on any atom is -0.481 e. The van der Waals surface area contributed by atoms with Crippen LogP contribution in [0.2, 0.25) is 0 Å². The predicted octanol–water partition coefficient (Wildman–Crippen LogP) is 0.943. The Bertz CT molecular complexity index is 345. The van der Waals surface area contributed by atoms with Crippen molar-refractivity contribution in [3.05, 3.63) is 0 Å². The van der Waals surface area contributed by atoms with Crippen LogP contribution in [-0.4, -0.2) is 49.5 Å². The fourth-order valence-corrected chi connectivity index (χ4v) is 3.07. The van der Waals surface area contributed by atoms with Crippen molar-refractivity contribution in [1.82, 2.24) is 5.32 Å². The standard InChI is InChI=1S/C14H23NO5/c16-12(17)8-14(4-2-1-3-5-14)10-15-13(18)11-9-19-6-7-20-11/h11H,1-10H2,(H,15,18)(H,16,17). The van der Waals surface area contributed by atoms with Crippen LogP contribution < -0.4 is 5.32 Å². The molecule has 1 atom stereocenters. The molecule has 0 bridgehead atoms. The average molecular weight is 285 g/mol. The first kappa shape index (κ1) is 15.3. The summed E-state index contributed by atoms with van der Waals surface area (Å²) >= 11 is 0. The van der Waals surface area contributed by atoms with E-state index in [2.05, 4.69) is 5.32 Å². The van der Waals surface area contributed by atoms with E-state index in [0.29, 0.717) is 19.8 Å². The van der Waals surface area contributed by atoms with Crippen LogP contribution in [0, 0.1) is 5.41 Å². The molecule has 20 heavy (non-hydrogen) atoms. The highest BCUT2D eigenvalue weighted by molar-refractivity contribution is 5.81. The van der Waals surface area contributed by atoms with Crippen molar-refractivity contribution in [1.29, 1.82) is 0 Å². The molecule has 0 aromatic rings. The summed E-state index contributed by atoms with van der Waals surface area (Å²) in [6, 6.07) is 0. The monoisotopic (exact) mass is 285 g/mol. The van der Waals surface area contributed by atoms with Gasteiger partial charge in [0.25, 0.3) is 5.91 Å². The molecule has 0 aromatic heterocycles. The average Bonchev–Trinajstić information content (AvgIpc) is 2.46. The quantitative estimate of drug-likeness (QED) is 0.785. The number of nitrogens with one attached hydrogen (secondary N) is 1. The molecule has 1 amide bonds. The van der Waals surface area contributed by atoms with Crippen LogP contribution in [0.3, 0.4) is 0 Å². The van der Waals surface area contributed by atoms with Gasteiger partial charge in [-0.05, 0) is 18.3 Å². The van der Waals surface area contributed by atoms with Crippen LogP contribution in [0.15, 0.2) is 0 Å². The molecule has 2 N–H and O–H groups in total. The van der Waals surface area contributed by atoms with Crippen LogP contribution in [-0.2, 0) is 19.1 Å². The third kappa shape index (κ3) is 4.18. The Morgan fingerprint density at radius 3 is 2.55 bits per heavy atom. The molecule has 1 aliphatic carbocycles. The Labute approximate surface area is 118 Å². The molecule has 2 fully saturated rings. The second kappa shape index (κ2) is 7.04. The van der Waals surface area contributed by atoms with E-state index in [1.165, 1.54) is 0 Å². The molecule has 6 heteroatoms. The van der Waals surface area contributed by atoms with Gasteiger partial charge in [0.15, 0.2) is 6.10 Å². The molecule has 1 aliphatic heterocycles. The number of rotatable bonds is 5. The van der Waals surface area contributed by atoms with Gasteiger partial charge in [-0.1, -0.05) is 19.3 Å². The second-order valence-electron chi connectivity index (χ2n) is 5.78. The summed E-state index contributed by atoms with van der Waals surface area (Å²) in [5.74, 6) is -0.988. The molecule has 0 aromatic carbocycles. The molecule has 1 saturated heterocycles. The van der Waals surface area contributed by atoms with Gasteiger partial charge in [-0.3, -0.25) is 9.59 Å². The summed E-state index contributed by atoms with van der Waals surface area (Å²) in [6.45, 7) is 1.64. The minimum atomic E-state index is -0.793. The van der Waals surface area contributed by atoms with Crippen molar-refractivity contribution in [2.75, 3.05) is 26.4 Å². The van der Waals surface area contributed by atoms with Gasteiger partial charge in [0.05, 0.1) is 26.2 Å². The number of carboxylic acid groups (broad SMARTS) is 1. The highest BCUT2D eigenvalue weighted by Crippen LogP contribution is 2.38. The van der Waals surface area contributed by atoms with E-state index in [1.807, 2.05) is 0 Å². The van der Waals surface area contributed by atoms with E-state index >= 15 is 0 Å². The molecule has 2 aliphatic rings. The van der Waals surface area contributed by atoms with Crippen molar-refractivity contribution in [3.8, 4) is 0 Å². The number of aliphatic carboxylic acids is 1. The maximum atomic E-state index is 12.0. The van der Waals surface area contributed by atoms with Gasteiger partial charge < -0.3 is 19.9 Å². The van der Waals surface area contributed by atoms with Crippen LogP contribution in [0.5, 0.6) is 0 Å². The lowest BCUT2D eigenvalue weighted by molar-refractivity contribution is -0.149. The fourth-order valence-electron chi connectivity index (χ4n) is 3.07. The Balaban J connectivity index is 1.87. The zero-order chi connectivity index (χ0) is 14.4. The number of ether oxygens (including phenoxy) is 2. The summed E-state index contributed by atoms with van der Waals surface area (Å²) in [5, 5.41) is 11.9. The van der Waals surface area contributed by atoms with E-state index in [1.54, 1.807) is 0 Å². The van der Waals surface area contributed by atoms with Gasteiger partial charge in [0.2, 0.25) is 0 Å². The largest absolute Gasteiger partial charge is 0.481 e. The molecule has 2 rings (SSSR count). The summed E-state index contributed by atoms with van der Waals surface area (Å²) in [7, 11) is 0. The minimum absolute atomic E-state index is 0.120. The van der Waals surface area contributed by atoms with E-state index in [-0.39, 0.29) is 24.3 Å². The molecular formula is C14H23NO5. The molecule has 0 spiro atoms. The lowest BCUT2D eigenvalue weighted by Gasteiger charge is -2.36. The Hall–Kier alpha value is -1.14. The maximum Gasteiger partial charge on any atom is 0.303 e. The van der Waals surface area contributed by atoms with Gasteiger partial charge in [0.1, 0.15) is 0 Å². The number of carbonyl (C=O) groups excluding carboxylic acids is 1. The Morgan fingerprint density at radius 2 is 1.95 bits per heavy atom. The maximum absolute atomic E-state index is 12.0. The summed E-state index contributed by atoms with van der Waals surface area (Å²) in [4.78, 5) is 23.1. The molecule has 6 nitrogen and oxygen atoms in total. The van der Waals surface area contributed by atoms with Gasteiger partial charge in [0, 0.05) is 6.54 Å². The summed E-state index contributed by atoms with van der Waals surface area (Å²) in [6.07, 6.45) is 4.50. The number of hydrogen-bond acceptors (Lipinski definition) is 4. The first-order chi connectivity index (χ1) is 9.61. The third-order valence-electron chi connectivity index (χ3n) is 4.19. The normalized spacial score (nSPS) is 25.9. The van der Waals surface area contributed by atoms with E-state index in [4.69, 9.17) is 14.6 Å². The molecule has 1 saturated carbocycles. The lowest BCUT2D eigenvalue weighted by Crippen LogP contribution is -2.47. The first-order valence-electron chi connectivity index (χ1n) is 7.30. The van der Waals surface area contributed by atoms with Crippen LogP contribution in [0.25, 0.3) is 0 Å². The molecule has 0 radical (unpaired) electrons. The fraction of sp³-hybridized carbons (Fsp3) is 0.857. The van der Waals surface area contributed by atoms with E-state index < -0.39 is 12.1 Å². The third-order valence-corrected chi connectivity index (χ3v) is 4.19. The number of amides is 1. The van der Waals surface area contributed by atoms with Gasteiger partial charge in [-0.2, -0.15) is 0 Å². The van der Waals surface area contributed by atoms with Crippen LogP contribution in [0.4, 0.5) is 0 Å². The van der Waals surface area contributed by atoms with Gasteiger partial charge >= 0.3 is 5.97 Å². The highest BCUT2D eigenvalue weighted by Gasteiger charge is 2.35. The van der Waals surface area contributed by atoms with Crippen molar-refractivity contribution in [2.45, 2.75) is 44.6 Å². The molecule has 114 valence electrons. The van der Waals surface area contributed by atoms with Gasteiger partial charge in [-0.15, -0.1) is 0 Å². The van der Waals surface area contributed by atoms with Crippen molar-refractivity contribution < 1.29 is 24.2 Å². The van der Waals surface area contributed by atoms with Crippen LogP contribution >= 0.6 is 0 Å². The Kier molecular flexibility index (Phi) is 5.37. The Morgan fingerprint density at radius 1 is 1.20 bits per heavy atom.